The standard InChI is InChI=1S/C14H23NO2/c1-11(2)8-15-9-14(16)13-6-4-5-12(7-13)10-17-3/h4-7,11,14-16H,8-10H2,1-3H3. The van der Waals surface area contributed by atoms with Gasteiger partial charge in [0.1, 0.15) is 0 Å². The van der Waals surface area contributed by atoms with Gasteiger partial charge in [0, 0.05) is 13.7 Å². The van der Waals surface area contributed by atoms with Gasteiger partial charge in [-0.3, -0.25) is 0 Å². The maximum Gasteiger partial charge on any atom is 0.0914 e. The molecule has 0 radical (unpaired) electrons. The van der Waals surface area contributed by atoms with E-state index < -0.39 is 6.10 Å². The van der Waals surface area contributed by atoms with Crippen LogP contribution >= 0.6 is 0 Å². The second-order valence-corrected chi connectivity index (χ2v) is 4.75. The van der Waals surface area contributed by atoms with Crippen LogP contribution in [0.1, 0.15) is 31.1 Å². The molecule has 2 N–H and O–H groups in total. The van der Waals surface area contributed by atoms with Gasteiger partial charge in [0.15, 0.2) is 0 Å². The van der Waals surface area contributed by atoms with Gasteiger partial charge in [0.25, 0.3) is 0 Å². The summed E-state index contributed by atoms with van der Waals surface area (Å²) in [5.74, 6) is 0.599. The number of benzene rings is 1. The lowest BCUT2D eigenvalue weighted by Gasteiger charge is -2.14. The summed E-state index contributed by atoms with van der Waals surface area (Å²) in [4.78, 5) is 0. The zero-order valence-corrected chi connectivity index (χ0v) is 10.9. The summed E-state index contributed by atoms with van der Waals surface area (Å²) < 4.78 is 5.08. The van der Waals surface area contributed by atoms with E-state index in [1.165, 1.54) is 0 Å². The highest BCUT2D eigenvalue weighted by Crippen LogP contribution is 2.14. The highest BCUT2D eigenvalue weighted by atomic mass is 16.5. The molecule has 0 spiro atoms. The first-order chi connectivity index (χ1) is 8.13. The van der Waals surface area contributed by atoms with Crippen molar-refractivity contribution in [3.8, 4) is 0 Å². The minimum absolute atomic E-state index is 0.453. The number of methoxy groups -OCH3 is 1. The molecule has 0 heterocycles. The molecule has 3 nitrogen and oxygen atoms in total. The number of hydrogen-bond donors (Lipinski definition) is 2. The quantitative estimate of drug-likeness (QED) is 0.763. The van der Waals surface area contributed by atoms with Crippen LogP contribution in [0.5, 0.6) is 0 Å². The third kappa shape index (κ3) is 5.31. The van der Waals surface area contributed by atoms with Gasteiger partial charge in [-0.2, -0.15) is 0 Å². The lowest BCUT2D eigenvalue weighted by Crippen LogP contribution is -2.25. The second-order valence-electron chi connectivity index (χ2n) is 4.75. The van der Waals surface area contributed by atoms with Gasteiger partial charge < -0.3 is 15.2 Å². The Morgan fingerprint density at radius 1 is 1.29 bits per heavy atom. The molecule has 0 fully saturated rings. The molecule has 0 aliphatic carbocycles. The summed E-state index contributed by atoms with van der Waals surface area (Å²) in [7, 11) is 1.67. The van der Waals surface area contributed by atoms with Crippen LogP contribution in [-0.4, -0.2) is 25.3 Å². The van der Waals surface area contributed by atoms with E-state index in [1.54, 1.807) is 7.11 Å². The van der Waals surface area contributed by atoms with Gasteiger partial charge >= 0.3 is 0 Å². The molecule has 1 unspecified atom stereocenters. The predicted molar refractivity (Wildman–Crippen MR) is 69.8 cm³/mol. The molecule has 96 valence electrons. The Hall–Kier alpha value is -0.900. The second kappa shape index (κ2) is 7.43. The first-order valence-corrected chi connectivity index (χ1v) is 6.10. The van der Waals surface area contributed by atoms with Crippen molar-refractivity contribution in [3.05, 3.63) is 35.4 Å². The molecule has 1 aromatic carbocycles. The molecule has 1 rings (SSSR count). The smallest absolute Gasteiger partial charge is 0.0914 e. The SMILES string of the molecule is COCc1cccc(C(O)CNCC(C)C)c1. The minimum atomic E-state index is -0.453. The molecule has 0 aliphatic rings. The van der Waals surface area contributed by atoms with E-state index in [-0.39, 0.29) is 0 Å². The maximum atomic E-state index is 10.0. The summed E-state index contributed by atoms with van der Waals surface area (Å²) in [6.45, 7) is 6.40. The van der Waals surface area contributed by atoms with Gasteiger partial charge in [-0.05, 0) is 23.6 Å². The predicted octanol–water partition coefficient (Wildman–Crippen LogP) is 2.11. The van der Waals surface area contributed by atoms with Crippen molar-refractivity contribution in [1.29, 1.82) is 0 Å². The van der Waals surface area contributed by atoms with E-state index in [2.05, 4.69) is 19.2 Å². The van der Waals surface area contributed by atoms with E-state index in [9.17, 15) is 5.11 Å². The average molecular weight is 237 g/mol. The zero-order chi connectivity index (χ0) is 12.7. The lowest BCUT2D eigenvalue weighted by molar-refractivity contribution is 0.171. The molecule has 17 heavy (non-hydrogen) atoms. The normalized spacial score (nSPS) is 13.0. The largest absolute Gasteiger partial charge is 0.387 e. The topological polar surface area (TPSA) is 41.5 Å². The third-order valence-electron chi connectivity index (χ3n) is 2.54. The van der Waals surface area contributed by atoms with Crippen molar-refractivity contribution in [2.45, 2.75) is 26.6 Å². The van der Waals surface area contributed by atoms with Crippen molar-refractivity contribution in [3.63, 3.8) is 0 Å². The Kier molecular flexibility index (Phi) is 6.19. The van der Waals surface area contributed by atoms with Crippen LogP contribution in [-0.2, 0) is 11.3 Å². The van der Waals surface area contributed by atoms with Crippen molar-refractivity contribution in [2.75, 3.05) is 20.2 Å². The van der Waals surface area contributed by atoms with Crippen molar-refractivity contribution >= 4 is 0 Å². The molecular weight excluding hydrogens is 214 g/mol. The van der Waals surface area contributed by atoms with Crippen LogP contribution in [0.15, 0.2) is 24.3 Å². The number of aliphatic hydroxyl groups is 1. The number of aliphatic hydroxyl groups excluding tert-OH is 1. The molecule has 1 atom stereocenters. The van der Waals surface area contributed by atoms with Crippen LogP contribution in [0, 0.1) is 5.92 Å². The maximum absolute atomic E-state index is 10.0. The first-order valence-electron chi connectivity index (χ1n) is 6.10. The van der Waals surface area contributed by atoms with Gasteiger partial charge in [-0.1, -0.05) is 38.1 Å². The molecule has 0 saturated carbocycles. The number of rotatable bonds is 7. The van der Waals surface area contributed by atoms with Gasteiger partial charge in [0.05, 0.1) is 12.7 Å². The first kappa shape index (κ1) is 14.2. The highest BCUT2D eigenvalue weighted by molar-refractivity contribution is 5.24. The van der Waals surface area contributed by atoms with Crippen LogP contribution in [0.25, 0.3) is 0 Å². The average Bonchev–Trinajstić information content (AvgIpc) is 2.29. The number of ether oxygens (including phenoxy) is 1. The van der Waals surface area contributed by atoms with Crippen LogP contribution < -0.4 is 5.32 Å². The molecule has 0 aliphatic heterocycles. The number of nitrogens with one attached hydrogen (secondary N) is 1. The minimum Gasteiger partial charge on any atom is -0.387 e. The Bertz CT molecular complexity index is 326. The third-order valence-corrected chi connectivity index (χ3v) is 2.54. The van der Waals surface area contributed by atoms with Crippen LogP contribution in [0.4, 0.5) is 0 Å². The Balaban J connectivity index is 2.50. The molecule has 0 saturated heterocycles. The summed E-state index contributed by atoms with van der Waals surface area (Å²) in [5, 5.41) is 13.3. The fourth-order valence-electron chi connectivity index (χ4n) is 1.68. The van der Waals surface area contributed by atoms with Gasteiger partial charge in [-0.15, -0.1) is 0 Å². The Labute approximate surface area is 104 Å². The van der Waals surface area contributed by atoms with Crippen molar-refractivity contribution < 1.29 is 9.84 Å². The summed E-state index contributed by atoms with van der Waals surface area (Å²) in [5.41, 5.74) is 2.03. The van der Waals surface area contributed by atoms with Gasteiger partial charge in [-0.25, -0.2) is 0 Å². The van der Waals surface area contributed by atoms with E-state index in [1.807, 2.05) is 24.3 Å². The van der Waals surface area contributed by atoms with Crippen LogP contribution in [0.3, 0.4) is 0 Å². The van der Waals surface area contributed by atoms with E-state index in [4.69, 9.17) is 4.74 Å². The summed E-state index contributed by atoms with van der Waals surface area (Å²) in [6, 6.07) is 7.89. The van der Waals surface area contributed by atoms with E-state index in [0.717, 1.165) is 17.7 Å². The lowest BCUT2D eigenvalue weighted by atomic mass is 10.1. The van der Waals surface area contributed by atoms with E-state index >= 15 is 0 Å². The molecule has 0 aromatic heterocycles. The Morgan fingerprint density at radius 2 is 2.06 bits per heavy atom. The monoisotopic (exact) mass is 237 g/mol. The zero-order valence-electron chi connectivity index (χ0n) is 10.9. The Morgan fingerprint density at radius 3 is 2.71 bits per heavy atom. The fourth-order valence-corrected chi connectivity index (χ4v) is 1.68. The van der Waals surface area contributed by atoms with Gasteiger partial charge in [0.2, 0.25) is 0 Å². The number of hydrogen-bond acceptors (Lipinski definition) is 3. The molecule has 3 heteroatoms. The van der Waals surface area contributed by atoms with E-state index in [0.29, 0.717) is 19.1 Å². The molecule has 1 aromatic rings. The molecule has 0 amide bonds. The molecular formula is C14H23NO2. The molecule has 0 bridgehead atoms. The summed E-state index contributed by atoms with van der Waals surface area (Å²) >= 11 is 0. The highest BCUT2D eigenvalue weighted by Gasteiger charge is 2.07. The fraction of sp³-hybridized carbons (Fsp3) is 0.571. The van der Waals surface area contributed by atoms with Crippen molar-refractivity contribution in [2.24, 2.45) is 5.92 Å². The summed E-state index contributed by atoms with van der Waals surface area (Å²) in [6.07, 6.45) is -0.453. The van der Waals surface area contributed by atoms with Crippen molar-refractivity contribution in [1.82, 2.24) is 5.32 Å². The van der Waals surface area contributed by atoms with Crippen LogP contribution in [0.2, 0.25) is 0 Å².